The normalized spacial score (nSPS) is 11.5. The van der Waals surface area contributed by atoms with Crippen molar-refractivity contribution in [3.05, 3.63) is 86.7 Å². The molecule has 0 atom stereocenters. The molecule has 220 valence electrons. The van der Waals surface area contributed by atoms with Gasteiger partial charge < -0.3 is 4.74 Å². The number of carbonyl (C=O) groups is 1. The topological polar surface area (TPSA) is 92.5 Å². The lowest BCUT2D eigenvalue weighted by molar-refractivity contribution is 0.0499. The first kappa shape index (κ1) is 29.1. The van der Waals surface area contributed by atoms with Crippen LogP contribution in [0.1, 0.15) is 74.7 Å². The molecule has 3 aromatic heterocycles. The number of ether oxygens (including phenoxy) is 1. The van der Waals surface area contributed by atoms with Crippen molar-refractivity contribution in [3.63, 3.8) is 0 Å². The molecule has 9 heteroatoms. The third-order valence-corrected chi connectivity index (χ3v) is 7.88. The number of carbonyl (C=O) groups excluding carboxylic acids is 1. The van der Waals surface area contributed by atoms with Gasteiger partial charge in [0.05, 0.1) is 17.9 Å². The van der Waals surface area contributed by atoms with Gasteiger partial charge in [0, 0.05) is 31.5 Å². The summed E-state index contributed by atoms with van der Waals surface area (Å²) in [5.41, 5.74) is 4.12. The highest BCUT2D eigenvalue weighted by atomic mass is 16.5. The van der Waals surface area contributed by atoms with E-state index >= 15 is 0 Å². The Labute approximate surface area is 245 Å². The molecule has 0 unspecified atom stereocenters. The molecule has 0 bridgehead atoms. The number of esters is 1. The molecule has 3 heterocycles. The summed E-state index contributed by atoms with van der Waals surface area (Å²) in [5.74, 6) is 0.139. The molecule has 0 aliphatic carbocycles. The van der Waals surface area contributed by atoms with Gasteiger partial charge in [-0.25, -0.2) is 9.59 Å². The predicted octanol–water partition coefficient (Wildman–Crippen LogP) is 5.81. The van der Waals surface area contributed by atoms with Gasteiger partial charge in [0.2, 0.25) is 5.78 Å². The van der Waals surface area contributed by atoms with Crippen molar-refractivity contribution in [1.29, 1.82) is 0 Å². The molecule has 5 aromatic rings. The molecular formula is C33H39N5O4. The molecule has 0 aliphatic rings. The van der Waals surface area contributed by atoms with Crippen LogP contribution in [0.15, 0.2) is 64.3 Å². The molecule has 0 amide bonds. The van der Waals surface area contributed by atoms with Crippen molar-refractivity contribution < 1.29 is 9.53 Å². The van der Waals surface area contributed by atoms with Crippen LogP contribution in [0, 0.1) is 0 Å². The van der Waals surface area contributed by atoms with Crippen LogP contribution in [-0.2, 0) is 25.3 Å². The molecule has 0 fully saturated rings. The lowest BCUT2D eigenvalue weighted by atomic mass is 10.0. The first-order valence-electron chi connectivity index (χ1n) is 14.9. The Morgan fingerprint density at radius 2 is 1.52 bits per heavy atom. The van der Waals surface area contributed by atoms with E-state index in [1.165, 1.54) is 49.3 Å². The minimum atomic E-state index is -0.434. The van der Waals surface area contributed by atoms with E-state index in [1.54, 1.807) is 23.6 Å². The fourth-order valence-corrected chi connectivity index (χ4v) is 5.34. The van der Waals surface area contributed by atoms with Crippen LogP contribution in [0.5, 0.6) is 0 Å². The van der Waals surface area contributed by atoms with E-state index in [1.807, 2.05) is 29.8 Å². The predicted molar refractivity (Wildman–Crippen MR) is 166 cm³/mol. The first-order valence-corrected chi connectivity index (χ1v) is 14.9. The SMILES string of the molecule is CCCCCCCc1ccc(-c2cn3c4c(=O)n(C)c(=O)n(C)c4nc3n2-c2ccc(C(=O)OCCCC)cc2)cc1. The van der Waals surface area contributed by atoms with Crippen LogP contribution >= 0.6 is 0 Å². The largest absolute Gasteiger partial charge is 0.462 e. The summed E-state index contributed by atoms with van der Waals surface area (Å²) in [6.07, 6.45) is 10.9. The molecule has 0 spiro atoms. The zero-order chi connectivity index (χ0) is 29.8. The maximum absolute atomic E-state index is 13.2. The molecule has 9 nitrogen and oxygen atoms in total. The minimum absolute atomic E-state index is 0.313. The van der Waals surface area contributed by atoms with Gasteiger partial charge in [-0.3, -0.25) is 22.9 Å². The third-order valence-electron chi connectivity index (χ3n) is 7.88. The number of unbranched alkanes of at least 4 members (excludes halogenated alkanes) is 5. The van der Waals surface area contributed by atoms with Crippen molar-refractivity contribution in [1.82, 2.24) is 23.1 Å². The summed E-state index contributed by atoms with van der Waals surface area (Å²) in [6.45, 7) is 4.67. The van der Waals surface area contributed by atoms with E-state index in [2.05, 4.69) is 31.2 Å². The number of fused-ring (bicyclic) bond motifs is 3. The standard InChI is InChI=1S/C33H39N5O4/c1-5-7-9-10-11-12-23-13-15-24(16-14-23)27-22-37-28-29(35(3)33(41)36(4)30(28)39)34-32(37)38(27)26-19-17-25(18-20-26)31(40)42-21-8-6-2/h13-20,22H,5-12,21H2,1-4H3. The molecule has 5 rings (SSSR count). The molecule has 0 saturated carbocycles. The number of hydrogen-bond acceptors (Lipinski definition) is 5. The van der Waals surface area contributed by atoms with Crippen molar-refractivity contribution in [2.24, 2.45) is 14.1 Å². The van der Waals surface area contributed by atoms with E-state index in [-0.39, 0.29) is 5.97 Å². The second kappa shape index (κ2) is 12.6. The number of imidazole rings is 2. The zero-order valence-corrected chi connectivity index (χ0v) is 24.9. The Bertz CT molecular complexity index is 1820. The quantitative estimate of drug-likeness (QED) is 0.140. The highest BCUT2D eigenvalue weighted by molar-refractivity contribution is 5.89. The van der Waals surface area contributed by atoms with E-state index in [0.29, 0.717) is 29.1 Å². The van der Waals surface area contributed by atoms with Crippen LogP contribution in [-0.4, -0.2) is 35.7 Å². The fourth-order valence-electron chi connectivity index (χ4n) is 5.34. The van der Waals surface area contributed by atoms with Crippen LogP contribution in [0.3, 0.4) is 0 Å². The van der Waals surface area contributed by atoms with Gasteiger partial charge in [-0.1, -0.05) is 70.2 Å². The molecule has 0 saturated heterocycles. The highest BCUT2D eigenvalue weighted by Crippen LogP contribution is 2.29. The van der Waals surface area contributed by atoms with E-state index in [0.717, 1.165) is 40.8 Å². The molecule has 2 aromatic carbocycles. The van der Waals surface area contributed by atoms with E-state index in [9.17, 15) is 14.4 Å². The molecule has 42 heavy (non-hydrogen) atoms. The average molecular weight is 570 g/mol. The lowest BCUT2D eigenvalue weighted by Gasteiger charge is -2.11. The Morgan fingerprint density at radius 3 is 2.21 bits per heavy atom. The van der Waals surface area contributed by atoms with Gasteiger partial charge in [0.25, 0.3) is 5.56 Å². The maximum Gasteiger partial charge on any atom is 0.338 e. The number of hydrogen-bond donors (Lipinski definition) is 0. The van der Waals surface area contributed by atoms with Gasteiger partial charge >= 0.3 is 11.7 Å². The van der Waals surface area contributed by atoms with Crippen LogP contribution in [0.4, 0.5) is 0 Å². The van der Waals surface area contributed by atoms with Crippen molar-refractivity contribution in [2.75, 3.05) is 6.61 Å². The fraction of sp³-hybridized carbons (Fsp3) is 0.394. The Hall–Kier alpha value is -4.40. The zero-order valence-electron chi connectivity index (χ0n) is 24.9. The molecule has 0 N–H and O–H groups in total. The van der Waals surface area contributed by atoms with Gasteiger partial charge in [0.1, 0.15) is 0 Å². The summed E-state index contributed by atoms with van der Waals surface area (Å²) < 4.78 is 11.6. The number of aryl methyl sites for hydroxylation is 2. The van der Waals surface area contributed by atoms with Gasteiger partial charge in [-0.15, -0.1) is 0 Å². The van der Waals surface area contributed by atoms with E-state index < -0.39 is 11.2 Å². The minimum Gasteiger partial charge on any atom is -0.462 e. The summed E-state index contributed by atoms with van der Waals surface area (Å²) in [6, 6.07) is 15.7. The van der Waals surface area contributed by atoms with E-state index in [4.69, 9.17) is 9.72 Å². The summed E-state index contributed by atoms with van der Waals surface area (Å²) in [5, 5.41) is 0. The number of rotatable bonds is 12. The second-order valence-corrected chi connectivity index (χ2v) is 10.9. The molecule has 0 aliphatic heterocycles. The van der Waals surface area contributed by atoms with Crippen LogP contribution < -0.4 is 11.2 Å². The second-order valence-electron chi connectivity index (χ2n) is 10.9. The average Bonchev–Trinajstić information content (AvgIpc) is 3.56. The lowest BCUT2D eigenvalue weighted by Crippen LogP contribution is -2.37. The Balaban J connectivity index is 1.58. The highest BCUT2D eigenvalue weighted by Gasteiger charge is 2.22. The molecule has 0 radical (unpaired) electrons. The van der Waals surface area contributed by atoms with Crippen molar-refractivity contribution in [3.8, 4) is 16.9 Å². The summed E-state index contributed by atoms with van der Waals surface area (Å²) in [4.78, 5) is 43.2. The number of nitrogens with zero attached hydrogens (tertiary/aromatic N) is 5. The van der Waals surface area contributed by atoms with Gasteiger partial charge in [-0.05, 0) is 49.1 Å². The monoisotopic (exact) mass is 569 g/mol. The summed E-state index contributed by atoms with van der Waals surface area (Å²) in [7, 11) is 3.09. The first-order chi connectivity index (χ1) is 20.3. The third kappa shape index (κ3) is 5.55. The number of benzene rings is 2. The summed E-state index contributed by atoms with van der Waals surface area (Å²) >= 11 is 0. The number of aromatic nitrogens is 5. The van der Waals surface area contributed by atoms with Crippen molar-refractivity contribution in [2.45, 2.75) is 65.2 Å². The Morgan fingerprint density at radius 1 is 0.833 bits per heavy atom. The smallest absolute Gasteiger partial charge is 0.338 e. The maximum atomic E-state index is 13.2. The van der Waals surface area contributed by atoms with Crippen molar-refractivity contribution >= 4 is 22.9 Å². The Kier molecular flexibility index (Phi) is 8.75. The van der Waals surface area contributed by atoms with Crippen LogP contribution in [0.25, 0.3) is 33.9 Å². The van der Waals surface area contributed by atoms with Gasteiger partial charge in [-0.2, -0.15) is 4.98 Å². The van der Waals surface area contributed by atoms with Gasteiger partial charge in [0.15, 0.2) is 11.2 Å². The molecular weight excluding hydrogens is 530 g/mol. The van der Waals surface area contributed by atoms with Crippen LogP contribution in [0.2, 0.25) is 0 Å².